The van der Waals surface area contributed by atoms with Gasteiger partial charge in [-0.3, -0.25) is 4.79 Å². The number of rotatable bonds is 4. The van der Waals surface area contributed by atoms with Crippen molar-refractivity contribution in [3.05, 3.63) is 34.9 Å². The zero-order valence-corrected chi connectivity index (χ0v) is 11.7. The largest absolute Gasteiger partial charge is 0.354 e. The predicted molar refractivity (Wildman–Crippen MR) is 72.7 cm³/mol. The Morgan fingerprint density at radius 3 is 2.59 bits per heavy atom. The van der Waals surface area contributed by atoms with E-state index >= 15 is 0 Å². The van der Waals surface area contributed by atoms with Gasteiger partial charge in [0.15, 0.2) is 0 Å². The van der Waals surface area contributed by atoms with Crippen LogP contribution in [0.3, 0.4) is 0 Å². The Kier molecular flexibility index (Phi) is 4.58. The molecule has 1 rings (SSSR count). The number of alkyl halides is 1. The van der Waals surface area contributed by atoms with Gasteiger partial charge in [-0.2, -0.15) is 0 Å². The van der Waals surface area contributed by atoms with Crippen molar-refractivity contribution in [3.63, 3.8) is 0 Å². The Hall–Kier alpha value is -1.02. The fourth-order valence-electron chi connectivity index (χ4n) is 1.93. The summed E-state index contributed by atoms with van der Waals surface area (Å²) < 4.78 is 0. The third-order valence-electron chi connectivity index (χ3n) is 2.97. The van der Waals surface area contributed by atoms with Crippen LogP contribution >= 0.6 is 11.6 Å². The lowest BCUT2D eigenvalue weighted by atomic mass is 9.81. The van der Waals surface area contributed by atoms with Crippen molar-refractivity contribution in [1.82, 2.24) is 5.32 Å². The van der Waals surface area contributed by atoms with Gasteiger partial charge in [0, 0.05) is 12.0 Å². The molecule has 0 radical (unpaired) electrons. The van der Waals surface area contributed by atoms with Crippen LogP contribution in [-0.4, -0.2) is 18.3 Å². The Morgan fingerprint density at radius 1 is 1.35 bits per heavy atom. The molecule has 0 unspecified atom stereocenters. The molecular weight excluding hydrogens is 234 g/mol. The monoisotopic (exact) mass is 253 g/mol. The molecule has 0 aliphatic rings. The summed E-state index contributed by atoms with van der Waals surface area (Å²) in [5.41, 5.74) is 3.67. The van der Waals surface area contributed by atoms with Crippen molar-refractivity contribution in [3.8, 4) is 0 Å². The Balaban J connectivity index is 2.88. The highest BCUT2D eigenvalue weighted by atomic mass is 35.5. The van der Waals surface area contributed by atoms with E-state index in [1.165, 1.54) is 16.7 Å². The summed E-state index contributed by atoms with van der Waals surface area (Å²) in [7, 11) is 0. The molecule has 2 nitrogen and oxygen atoms in total. The zero-order chi connectivity index (χ0) is 13.1. The van der Waals surface area contributed by atoms with Crippen LogP contribution in [0.4, 0.5) is 0 Å². The first-order chi connectivity index (χ1) is 7.86. The minimum atomic E-state index is -0.120. The summed E-state index contributed by atoms with van der Waals surface area (Å²) in [6, 6.07) is 6.41. The van der Waals surface area contributed by atoms with E-state index in [4.69, 9.17) is 11.6 Å². The average Bonchev–Trinajstić information content (AvgIpc) is 2.29. The van der Waals surface area contributed by atoms with Crippen LogP contribution in [0.1, 0.15) is 30.5 Å². The predicted octanol–water partition coefficient (Wildman–Crippen LogP) is 2.94. The molecule has 1 N–H and O–H groups in total. The number of halogens is 1. The summed E-state index contributed by atoms with van der Waals surface area (Å²) in [5, 5.41) is 2.85. The van der Waals surface area contributed by atoms with Gasteiger partial charge < -0.3 is 5.32 Å². The van der Waals surface area contributed by atoms with Crippen molar-refractivity contribution < 1.29 is 4.79 Å². The van der Waals surface area contributed by atoms with E-state index in [-0.39, 0.29) is 17.2 Å². The smallest absolute Gasteiger partial charge is 0.234 e. The summed E-state index contributed by atoms with van der Waals surface area (Å²) >= 11 is 5.47. The molecule has 0 bridgehead atoms. The average molecular weight is 254 g/mol. The van der Waals surface area contributed by atoms with Crippen LogP contribution in [-0.2, 0) is 10.2 Å². The van der Waals surface area contributed by atoms with Gasteiger partial charge in [-0.15, -0.1) is 11.6 Å². The molecule has 0 atom stereocenters. The number of nitrogens with one attached hydrogen (secondary N) is 1. The van der Waals surface area contributed by atoms with E-state index in [9.17, 15) is 4.79 Å². The molecule has 0 aromatic heterocycles. The van der Waals surface area contributed by atoms with Gasteiger partial charge >= 0.3 is 0 Å². The molecule has 0 fully saturated rings. The molecule has 0 heterocycles. The van der Waals surface area contributed by atoms with Crippen LogP contribution in [0.15, 0.2) is 18.2 Å². The van der Waals surface area contributed by atoms with Crippen molar-refractivity contribution in [2.45, 2.75) is 33.1 Å². The molecule has 0 saturated carbocycles. The maximum absolute atomic E-state index is 11.2. The van der Waals surface area contributed by atoms with Crippen molar-refractivity contribution in [2.24, 2.45) is 0 Å². The molecule has 0 spiro atoms. The quantitative estimate of drug-likeness (QED) is 0.822. The molecule has 17 heavy (non-hydrogen) atoms. The molecule has 1 aromatic carbocycles. The molecule has 0 aliphatic heterocycles. The number of carbonyl (C=O) groups is 1. The number of benzene rings is 1. The summed E-state index contributed by atoms with van der Waals surface area (Å²) in [6.07, 6.45) is 0. The number of hydrogen-bond acceptors (Lipinski definition) is 1. The molecule has 3 heteroatoms. The van der Waals surface area contributed by atoms with E-state index < -0.39 is 0 Å². The Labute approximate surface area is 108 Å². The Morgan fingerprint density at radius 2 is 2.00 bits per heavy atom. The summed E-state index contributed by atoms with van der Waals surface area (Å²) in [6.45, 7) is 9.03. The van der Waals surface area contributed by atoms with Gasteiger partial charge in [-0.1, -0.05) is 37.6 Å². The van der Waals surface area contributed by atoms with E-state index in [1.807, 2.05) is 0 Å². The zero-order valence-electron chi connectivity index (χ0n) is 10.9. The molecule has 1 amide bonds. The van der Waals surface area contributed by atoms with Crippen LogP contribution < -0.4 is 5.32 Å². The first kappa shape index (κ1) is 14.0. The molecule has 0 aliphatic carbocycles. The van der Waals surface area contributed by atoms with Crippen LogP contribution in [0, 0.1) is 13.8 Å². The fourth-order valence-corrected chi connectivity index (χ4v) is 2.02. The van der Waals surface area contributed by atoms with Gasteiger partial charge in [0.05, 0.1) is 0 Å². The van der Waals surface area contributed by atoms with E-state index in [0.29, 0.717) is 6.54 Å². The maximum Gasteiger partial charge on any atom is 0.234 e. The number of hydrogen-bond donors (Lipinski definition) is 1. The SMILES string of the molecule is Cc1ccc(C)c(C(C)(C)CNC(=O)CCl)c1. The highest BCUT2D eigenvalue weighted by Gasteiger charge is 2.23. The van der Waals surface area contributed by atoms with E-state index in [2.05, 4.69) is 51.2 Å². The van der Waals surface area contributed by atoms with Crippen molar-refractivity contribution in [1.29, 1.82) is 0 Å². The normalized spacial score (nSPS) is 11.4. The second-order valence-corrected chi connectivity index (χ2v) is 5.38. The van der Waals surface area contributed by atoms with Crippen LogP contribution in [0.5, 0.6) is 0 Å². The van der Waals surface area contributed by atoms with Gasteiger partial charge in [0.25, 0.3) is 0 Å². The summed E-state index contributed by atoms with van der Waals surface area (Å²) in [4.78, 5) is 11.2. The molecular formula is C14H20ClNO. The number of carbonyl (C=O) groups excluding carboxylic acids is 1. The lowest BCUT2D eigenvalue weighted by molar-refractivity contribution is -0.118. The van der Waals surface area contributed by atoms with E-state index in [0.717, 1.165) is 0 Å². The second-order valence-electron chi connectivity index (χ2n) is 5.11. The maximum atomic E-state index is 11.2. The van der Waals surface area contributed by atoms with Gasteiger partial charge in [-0.25, -0.2) is 0 Å². The highest BCUT2D eigenvalue weighted by molar-refractivity contribution is 6.27. The molecule has 0 saturated heterocycles. The third-order valence-corrected chi connectivity index (χ3v) is 3.21. The first-order valence-corrected chi connectivity index (χ1v) is 6.30. The first-order valence-electron chi connectivity index (χ1n) is 5.77. The number of amides is 1. The third kappa shape index (κ3) is 3.74. The fraction of sp³-hybridized carbons (Fsp3) is 0.500. The Bertz CT molecular complexity index is 413. The van der Waals surface area contributed by atoms with Crippen molar-refractivity contribution >= 4 is 17.5 Å². The van der Waals surface area contributed by atoms with Crippen LogP contribution in [0.25, 0.3) is 0 Å². The van der Waals surface area contributed by atoms with Crippen LogP contribution in [0.2, 0.25) is 0 Å². The number of aryl methyl sites for hydroxylation is 2. The van der Waals surface area contributed by atoms with Gasteiger partial charge in [0.1, 0.15) is 5.88 Å². The minimum Gasteiger partial charge on any atom is -0.354 e. The lowest BCUT2D eigenvalue weighted by Crippen LogP contribution is -2.37. The van der Waals surface area contributed by atoms with Gasteiger partial charge in [-0.05, 0) is 25.0 Å². The second kappa shape index (κ2) is 5.54. The van der Waals surface area contributed by atoms with Crippen molar-refractivity contribution in [2.75, 3.05) is 12.4 Å². The highest BCUT2D eigenvalue weighted by Crippen LogP contribution is 2.26. The molecule has 1 aromatic rings. The van der Waals surface area contributed by atoms with Gasteiger partial charge in [0.2, 0.25) is 5.91 Å². The standard InChI is InChI=1S/C14H20ClNO/c1-10-5-6-11(2)12(7-10)14(3,4)9-16-13(17)8-15/h5-7H,8-9H2,1-4H3,(H,16,17). The lowest BCUT2D eigenvalue weighted by Gasteiger charge is -2.27. The van der Waals surface area contributed by atoms with E-state index in [1.54, 1.807) is 0 Å². The minimum absolute atomic E-state index is 0.0167. The topological polar surface area (TPSA) is 29.1 Å². The molecule has 94 valence electrons. The summed E-state index contributed by atoms with van der Waals surface area (Å²) in [5.74, 6) is -0.104.